The van der Waals surface area contributed by atoms with Gasteiger partial charge < -0.3 is 15.4 Å². The van der Waals surface area contributed by atoms with Crippen LogP contribution in [0.4, 0.5) is 0 Å². The zero-order chi connectivity index (χ0) is 11.1. The molecule has 0 saturated heterocycles. The van der Waals surface area contributed by atoms with E-state index in [9.17, 15) is 0 Å². The van der Waals surface area contributed by atoms with E-state index in [1.54, 1.807) is 12.3 Å². The van der Waals surface area contributed by atoms with Gasteiger partial charge in [0.1, 0.15) is 0 Å². The molecule has 0 saturated carbocycles. The molecular weight excluding hydrogens is 192 g/mol. The lowest BCUT2D eigenvalue weighted by atomic mass is 10.4. The molecule has 84 valence electrons. The van der Waals surface area contributed by atoms with Gasteiger partial charge in [0, 0.05) is 19.3 Å². The van der Waals surface area contributed by atoms with Crippen LogP contribution >= 0.6 is 0 Å². The van der Waals surface area contributed by atoms with Gasteiger partial charge in [0.15, 0.2) is 0 Å². The second-order valence-corrected chi connectivity index (χ2v) is 3.54. The van der Waals surface area contributed by atoms with Gasteiger partial charge in [-0.05, 0) is 26.6 Å². The minimum absolute atomic E-state index is 0.413. The Morgan fingerprint density at radius 3 is 2.93 bits per heavy atom. The topological polar surface area (TPSA) is 64.3 Å². The Morgan fingerprint density at radius 1 is 1.47 bits per heavy atom. The highest BCUT2D eigenvalue weighted by molar-refractivity contribution is 5.04. The molecule has 5 heteroatoms. The molecule has 0 atom stereocenters. The molecule has 0 aromatic carbocycles. The van der Waals surface area contributed by atoms with E-state index in [0.29, 0.717) is 19.2 Å². The normalized spacial score (nSPS) is 10.7. The SMILES string of the molecule is CN(C)CCCOc1nccc(CN)n1. The fraction of sp³-hybridized carbons (Fsp3) is 0.600. The zero-order valence-electron chi connectivity index (χ0n) is 9.31. The predicted molar refractivity (Wildman–Crippen MR) is 58.6 cm³/mol. The largest absolute Gasteiger partial charge is 0.463 e. The summed E-state index contributed by atoms with van der Waals surface area (Å²) in [6.07, 6.45) is 2.62. The van der Waals surface area contributed by atoms with Gasteiger partial charge in [-0.15, -0.1) is 0 Å². The Morgan fingerprint density at radius 2 is 2.27 bits per heavy atom. The van der Waals surface area contributed by atoms with Gasteiger partial charge in [-0.3, -0.25) is 0 Å². The van der Waals surface area contributed by atoms with E-state index in [1.165, 1.54) is 0 Å². The van der Waals surface area contributed by atoms with Crippen LogP contribution < -0.4 is 10.5 Å². The average molecular weight is 210 g/mol. The number of rotatable bonds is 6. The molecule has 1 aromatic heterocycles. The Hall–Kier alpha value is -1.20. The van der Waals surface area contributed by atoms with Crippen LogP contribution in [-0.2, 0) is 6.54 Å². The molecule has 0 aliphatic heterocycles. The van der Waals surface area contributed by atoms with Crippen molar-refractivity contribution in [2.45, 2.75) is 13.0 Å². The van der Waals surface area contributed by atoms with Crippen LogP contribution in [0.5, 0.6) is 6.01 Å². The Kier molecular flexibility index (Phi) is 5.00. The molecule has 0 unspecified atom stereocenters. The predicted octanol–water partition coefficient (Wildman–Crippen LogP) is 0.266. The third-order valence-electron chi connectivity index (χ3n) is 1.88. The minimum atomic E-state index is 0.413. The van der Waals surface area contributed by atoms with E-state index < -0.39 is 0 Å². The Balaban J connectivity index is 2.30. The van der Waals surface area contributed by atoms with Crippen molar-refractivity contribution < 1.29 is 4.74 Å². The highest BCUT2D eigenvalue weighted by atomic mass is 16.5. The molecule has 0 spiro atoms. The van der Waals surface area contributed by atoms with Crippen molar-refractivity contribution in [2.75, 3.05) is 27.2 Å². The molecule has 0 aliphatic rings. The van der Waals surface area contributed by atoms with Gasteiger partial charge in [0.2, 0.25) is 0 Å². The molecule has 0 fully saturated rings. The van der Waals surface area contributed by atoms with Gasteiger partial charge in [-0.1, -0.05) is 0 Å². The van der Waals surface area contributed by atoms with Crippen molar-refractivity contribution in [3.8, 4) is 6.01 Å². The number of aromatic nitrogens is 2. The monoisotopic (exact) mass is 210 g/mol. The summed E-state index contributed by atoms with van der Waals surface area (Å²) in [5.41, 5.74) is 6.26. The van der Waals surface area contributed by atoms with Crippen molar-refractivity contribution >= 4 is 0 Å². The van der Waals surface area contributed by atoms with Gasteiger partial charge >= 0.3 is 6.01 Å². The molecule has 0 amide bonds. The molecule has 15 heavy (non-hydrogen) atoms. The molecule has 1 rings (SSSR count). The first-order chi connectivity index (χ1) is 7.22. The lowest BCUT2D eigenvalue weighted by Gasteiger charge is -2.09. The van der Waals surface area contributed by atoms with E-state index in [-0.39, 0.29) is 0 Å². The van der Waals surface area contributed by atoms with Crippen molar-refractivity contribution in [3.63, 3.8) is 0 Å². The van der Waals surface area contributed by atoms with E-state index in [4.69, 9.17) is 10.5 Å². The van der Waals surface area contributed by atoms with Crippen molar-refractivity contribution in [1.29, 1.82) is 0 Å². The molecular formula is C10H18N4O. The zero-order valence-corrected chi connectivity index (χ0v) is 9.31. The van der Waals surface area contributed by atoms with E-state index >= 15 is 0 Å². The first-order valence-electron chi connectivity index (χ1n) is 5.02. The highest BCUT2D eigenvalue weighted by Gasteiger charge is 1.99. The fourth-order valence-corrected chi connectivity index (χ4v) is 1.10. The molecule has 2 N–H and O–H groups in total. The molecule has 0 radical (unpaired) electrons. The molecule has 1 heterocycles. The third kappa shape index (κ3) is 4.71. The summed E-state index contributed by atoms with van der Waals surface area (Å²) in [6, 6.07) is 2.20. The average Bonchev–Trinajstić information content (AvgIpc) is 2.24. The maximum absolute atomic E-state index is 5.46. The lowest BCUT2D eigenvalue weighted by Crippen LogP contribution is -2.16. The maximum Gasteiger partial charge on any atom is 0.316 e. The van der Waals surface area contributed by atoms with E-state index in [2.05, 4.69) is 14.9 Å². The number of ether oxygens (including phenoxy) is 1. The Bertz CT molecular complexity index is 291. The van der Waals surface area contributed by atoms with Gasteiger partial charge in [-0.2, -0.15) is 4.98 Å². The maximum atomic E-state index is 5.46. The van der Waals surface area contributed by atoms with Gasteiger partial charge in [-0.25, -0.2) is 4.98 Å². The van der Waals surface area contributed by atoms with Crippen LogP contribution in [0, 0.1) is 0 Å². The lowest BCUT2D eigenvalue weighted by molar-refractivity contribution is 0.263. The summed E-state index contributed by atoms with van der Waals surface area (Å²) in [5, 5.41) is 0. The molecule has 1 aromatic rings. The van der Waals surface area contributed by atoms with Crippen LogP contribution in [0.25, 0.3) is 0 Å². The number of nitrogens with zero attached hydrogens (tertiary/aromatic N) is 3. The number of hydrogen-bond donors (Lipinski definition) is 1. The summed E-state index contributed by atoms with van der Waals surface area (Å²) in [4.78, 5) is 10.2. The molecule has 0 bridgehead atoms. The Labute approximate surface area is 90.3 Å². The number of nitrogens with two attached hydrogens (primary N) is 1. The highest BCUT2D eigenvalue weighted by Crippen LogP contribution is 2.02. The summed E-state index contributed by atoms with van der Waals surface area (Å²) < 4.78 is 5.39. The summed E-state index contributed by atoms with van der Waals surface area (Å²) in [7, 11) is 4.07. The van der Waals surface area contributed by atoms with Crippen molar-refractivity contribution in [2.24, 2.45) is 5.73 Å². The first-order valence-corrected chi connectivity index (χ1v) is 5.02. The van der Waals surface area contributed by atoms with Gasteiger partial charge in [0.05, 0.1) is 12.3 Å². The van der Waals surface area contributed by atoms with Crippen LogP contribution in [0.1, 0.15) is 12.1 Å². The van der Waals surface area contributed by atoms with E-state index in [1.807, 2.05) is 14.1 Å². The van der Waals surface area contributed by atoms with Crippen LogP contribution in [0.15, 0.2) is 12.3 Å². The molecule has 5 nitrogen and oxygen atoms in total. The molecule has 0 aliphatic carbocycles. The van der Waals surface area contributed by atoms with Crippen LogP contribution in [-0.4, -0.2) is 42.1 Å². The second-order valence-electron chi connectivity index (χ2n) is 3.54. The fourth-order valence-electron chi connectivity index (χ4n) is 1.10. The van der Waals surface area contributed by atoms with Gasteiger partial charge in [0.25, 0.3) is 0 Å². The summed E-state index contributed by atoms with van der Waals surface area (Å²) >= 11 is 0. The summed E-state index contributed by atoms with van der Waals surface area (Å²) in [6.45, 7) is 2.04. The number of hydrogen-bond acceptors (Lipinski definition) is 5. The van der Waals surface area contributed by atoms with Crippen LogP contribution in [0.3, 0.4) is 0 Å². The minimum Gasteiger partial charge on any atom is -0.463 e. The standard InChI is InChI=1S/C10H18N4O/c1-14(2)6-3-7-15-10-12-5-4-9(8-11)13-10/h4-5H,3,6-8,11H2,1-2H3. The van der Waals surface area contributed by atoms with Crippen molar-refractivity contribution in [3.05, 3.63) is 18.0 Å². The van der Waals surface area contributed by atoms with Crippen molar-refractivity contribution in [1.82, 2.24) is 14.9 Å². The smallest absolute Gasteiger partial charge is 0.316 e. The van der Waals surface area contributed by atoms with Crippen LogP contribution in [0.2, 0.25) is 0 Å². The summed E-state index contributed by atoms with van der Waals surface area (Å²) in [5.74, 6) is 0. The first kappa shape index (κ1) is 11.9. The van der Waals surface area contributed by atoms with E-state index in [0.717, 1.165) is 18.7 Å². The quantitative estimate of drug-likeness (QED) is 0.683. The third-order valence-corrected chi connectivity index (χ3v) is 1.88. The second kappa shape index (κ2) is 6.31.